The summed E-state index contributed by atoms with van der Waals surface area (Å²) in [5.74, 6) is 1.34. The zero-order chi connectivity index (χ0) is 24.2. The Labute approximate surface area is 198 Å². The highest BCUT2D eigenvalue weighted by molar-refractivity contribution is 7.91. The van der Waals surface area contributed by atoms with E-state index in [9.17, 15) is 13.2 Å². The summed E-state index contributed by atoms with van der Waals surface area (Å²) in [5.41, 5.74) is 4.03. The number of fused-ring (bicyclic) bond motifs is 1. The van der Waals surface area contributed by atoms with Gasteiger partial charge in [-0.25, -0.2) is 18.1 Å². The molecular weight excluding hydrogens is 456 g/mol. The Morgan fingerprint density at radius 2 is 1.79 bits per heavy atom. The van der Waals surface area contributed by atoms with Gasteiger partial charge in [-0.15, -0.1) is 0 Å². The Kier molecular flexibility index (Phi) is 5.50. The monoisotopic (exact) mass is 484 g/mol. The maximum atomic E-state index is 13.6. The van der Waals surface area contributed by atoms with Crippen molar-refractivity contribution in [1.82, 2.24) is 14.8 Å². The minimum absolute atomic E-state index is 0.0466. The van der Waals surface area contributed by atoms with Gasteiger partial charge in [0.2, 0.25) is 0 Å². The van der Waals surface area contributed by atoms with Crippen molar-refractivity contribution in [3.8, 4) is 11.5 Å². The number of carbonyl (C=O) groups is 1. The van der Waals surface area contributed by atoms with Gasteiger partial charge in [0, 0.05) is 23.4 Å². The first-order valence-corrected chi connectivity index (χ1v) is 13.2. The molecule has 1 aromatic carbocycles. The summed E-state index contributed by atoms with van der Waals surface area (Å²) in [5, 5.41) is 8.32. The first-order chi connectivity index (χ1) is 16.2. The van der Waals surface area contributed by atoms with Gasteiger partial charge in [0.1, 0.15) is 0 Å². The van der Waals surface area contributed by atoms with Crippen LogP contribution in [0.1, 0.15) is 58.5 Å². The summed E-state index contributed by atoms with van der Waals surface area (Å²) >= 11 is 0. The smallest absolute Gasteiger partial charge is 0.256 e. The molecule has 1 aliphatic heterocycles. The molecule has 2 aromatic heterocycles. The lowest BCUT2D eigenvalue weighted by molar-refractivity contribution is 0.102. The molecular formula is C24H28N4O5S. The van der Waals surface area contributed by atoms with E-state index in [-0.39, 0.29) is 23.5 Å². The Morgan fingerprint density at radius 3 is 2.41 bits per heavy atom. The molecule has 2 aliphatic rings. The second kappa shape index (κ2) is 8.26. The van der Waals surface area contributed by atoms with Gasteiger partial charge in [-0.05, 0) is 50.8 Å². The number of methoxy groups -OCH3 is 2. The van der Waals surface area contributed by atoms with E-state index in [2.05, 4.69) is 10.4 Å². The fourth-order valence-corrected chi connectivity index (χ4v) is 6.32. The molecule has 3 heterocycles. The number of aryl methyl sites for hydroxylation is 2. The number of amides is 1. The summed E-state index contributed by atoms with van der Waals surface area (Å²) in [6.07, 6.45) is 2.55. The molecule has 180 valence electrons. The Hall–Kier alpha value is -3.14. The predicted molar refractivity (Wildman–Crippen MR) is 129 cm³/mol. The van der Waals surface area contributed by atoms with Gasteiger partial charge in [-0.3, -0.25) is 4.79 Å². The van der Waals surface area contributed by atoms with Gasteiger partial charge in [0.25, 0.3) is 5.91 Å². The van der Waals surface area contributed by atoms with E-state index < -0.39 is 9.84 Å². The van der Waals surface area contributed by atoms with Crippen molar-refractivity contribution < 1.29 is 22.7 Å². The van der Waals surface area contributed by atoms with Crippen LogP contribution in [-0.4, -0.2) is 54.8 Å². The molecule has 10 heteroatoms. The highest BCUT2D eigenvalue weighted by atomic mass is 32.2. The molecule has 3 aromatic rings. The molecule has 0 spiro atoms. The third kappa shape index (κ3) is 4.00. The lowest BCUT2D eigenvalue weighted by atomic mass is 10.1. The number of hydrogen-bond acceptors (Lipinski definition) is 7. The molecule has 9 nitrogen and oxygen atoms in total. The number of benzene rings is 1. The molecule has 0 bridgehead atoms. The number of carbonyl (C=O) groups excluding carboxylic acids is 1. The first-order valence-electron chi connectivity index (χ1n) is 11.3. The molecule has 1 atom stereocenters. The topological polar surface area (TPSA) is 112 Å². The largest absolute Gasteiger partial charge is 0.493 e. The maximum absolute atomic E-state index is 13.6. The number of nitrogens with one attached hydrogen (secondary N) is 1. The van der Waals surface area contributed by atoms with Gasteiger partial charge in [0.15, 0.2) is 27.0 Å². The third-order valence-electron chi connectivity index (χ3n) is 6.63. The second-order valence-electron chi connectivity index (χ2n) is 9.13. The Morgan fingerprint density at radius 1 is 1.09 bits per heavy atom. The van der Waals surface area contributed by atoms with Crippen LogP contribution in [0.4, 0.5) is 5.69 Å². The van der Waals surface area contributed by atoms with Crippen LogP contribution in [-0.2, 0) is 9.84 Å². The summed E-state index contributed by atoms with van der Waals surface area (Å²) in [6.45, 7) is 3.72. The van der Waals surface area contributed by atoms with Gasteiger partial charge in [-0.1, -0.05) is 0 Å². The molecule has 1 amide bonds. The van der Waals surface area contributed by atoms with Crippen LogP contribution in [0.25, 0.3) is 11.0 Å². The lowest BCUT2D eigenvalue weighted by Crippen LogP contribution is -2.16. The van der Waals surface area contributed by atoms with Crippen LogP contribution < -0.4 is 14.8 Å². The number of ether oxygens (including phenoxy) is 2. The highest BCUT2D eigenvalue weighted by Gasteiger charge is 2.34. The minimum atomic E-state index is -3.09. The molecule has 1 aliphatic carbocycles. The highest BCUT2D eigenvalue weighted by Crippen LogP contribution is 2.41. The van der Waals surface area contributed by atoms with E-state index in [1.165, 1.54) is 0 Å². The normalized spacial score (nSPS) is 19.4. The zero-order valence-electron chi connectivity index (χ0n) is 19.7. The number of sulfone groups is 1. The summed E-state index contributed by atoms with van der Waals surface area (Å²) in [7, 11) is 0.0264. The van der Waals surface area contributed by atoms with Crippen molar-refractivity contribution >= 4 is 32.5 Å². The van der Waals surface area contributed by atoms with Crippen molar-refractivity contribution in [2.45, 2.75) is 45.1 Å². The van der Waals surface area contributed by atoms with Crippen molar-refractivity contribution in [3.05, 3.63) is 40.7 Å². The number of hydrogen-bond donors (Lipinski definition) is 1. The Bertz CT molecular complexity index is 1410. The quantitative estimate of drug-likeness (QED) is 0.569. The van der Waals surface area contributed by atoms with Gasteiger partial charge in [-0.2, -0.15) is 5.10 Å². The Balaban J connectivity index is 1.59. The fourth-order valence-electron chi connectivity index (χ4n) is 4.63. The summed E-state index contributed by atoms with van der Waals surface area (Å²) < 4.78 is 36.7. The van der Waals surface area contributed by atoms with E-state index in [0.717, 1.165) is 24.1 Å². The average molecular weight is 485 g/mol. The summed E-state index contributed by atoms with van der Waals surface area (Å²) in [6, 6.07) is 5.14. The average Bonchev–Trinajstić information content (AvgIpc) is 3.52. The molecule has 5 rings (SSSR count). The lowest BCUT2D eigenvalue weighted by Gasteiger charge is -2.15. The predicted octanol–water partition coefficient (Wildman–Crippen LogP) is 3.55. The fraction of sp³-hybridized carbons (Fsp3) is 0.458. The summed E-state index contributed by atoms with van der Waals surface area (Å²) in [4.78, 5) is 18.4. The van der Waals surface area contributed by atoms with E-state index in [4.69, 9.17) is 14.5 Å². The van der Waals surface area contributed by atoms with Gasteiger partial charge in [0.05, 0.1) is 48.4 Å². The van der Waals surface area contributed by atoms with Crippen LogP contribution in [0.5, 0.6) is 11.5 Å². The maximum Gasteiger partial charge on any atom is 0.256 e. The molecule has 0 radical (unpaired) electrons. The number of pyridine rings is 1. The number of nitrogens with zero attached hydrogens (tertiary/aromatic N) is 3. The molecule has 1 saturated carbocycles. The van der Waals surface area contributed by atoms with E-state index in [1.807, 2.05) is 26.0 Å². The van der Waals surface area contributed by atoms with Crippen molar-refractivity contribution in [2.24, 2.45) is 0 Å². The zero-order valence-corrected chi connectivity index (χ0v) is 20.5. The molecule has 1 saturated heterocycles. The molecule has 34 heavy (non-hydrogen) atoms. The van der Waals surface area contributed by atoms with E-state index in [1.54, 1.807) is 25.0 Å². The SMILES string of the molecule is COc1cc(C)c(NC(=O)c2cc(C3CC3)nc3c2c(C)nn3C2CCS(=O)(=O)C2)cc1OC. The van der Waals surface area contributed by atoms with Gasteiger partial charge < -0.3 is 14.8 Å². The van der Waals surface area contributed by atoms with Crippen LogP contribution in [0, 0.1) is 13.8 Å². The minimum Gasteiger partial charge on any atom is -0.493 e. The van der Waals surface area contributed by atoms with Crippen molar-refractivity contribution in [1.29, 1.82) is 0 Å². The molecule has 1 unspecified atom stereocenters. The van der Waals surface area contributed by atoms with Crippen molar-refractivity contribution in [3.63, 3.8) is 0 Å². The second-order valence-corrected chi connectivity index (χ2v) is 11.4. The van der Waals surface area contributed by atoms with Crippen LogP contribution in [0.3, 0.4) is 0 Å². The van der Waals surface area contributed by atoms with E-state index >= 15 is 0 Å². The standard InChI is InChI=1S/C24H28N4O5S/c1-13-9-20(32-3)21(33-4)11-18(13)26-24(29)17-10-19(15-5-6-15)25-23-22(17)14(2)27-28(23)16-7-8-34(30,31)12-16/h9-11,15-16H,5-8,12H2,1-4H3,(H,26,29). The molecule has 2 fully saturated rings. The van der Waals surface area contributed by atoms with Crippen LogP contribution in [0.15, 0.2) is 18.2 Å². The number of rotatable bonds is 6. The number of anilines is 1. The van der Waals surface area contributed by atoms with Crippen LogP contribution >= 0.6 is 0 Å². The third-order valence-corrected chi connectivity index (χ3v) is 8.38. The van der Waals surface area contributed by atoms with Crippen LogP contribution in [0.2, 0.25) is 0 Å². The first kappa shape index (κ1) is 22.6. The van der Waals surface area contributed by atoms with Crippen molar-refractivity contribution in [2.75, 3.05) is 31.0 Å². The number of aromatic nitrogens is 3. The van der Waals surface area contributed by atoms with E-state index in [0.29, 0.717) is 51.8 Å². The van der Waals surface area contributed by atoms with Gasteiger partial charge >= 0.3 is 0 Å². The molecule has 1 N–H and O–H groups in total.